The van der Waals surface area contributed by atoms with Crippen LogP contribution in [0, 0.1) is 6.08 Å². The average molecular weight is 318 g/mol. The molecule has 2 heteroatoms. The molecule has 0 saturated carbocycles. The van der Waals surface area contributed by atoms with Crippen molar-refractivity contribution in [2.24, 2.45) is 0 Å². The van der Waals surface area contributed by atoms with Gasteiger partial charge in [0.05, 0.1) is 8.07 Å². The Balaban J connectivity index is 0.00000208. The van der Waals surface area contributed by atoms with Crippen molar-refractivity contribution in [3.05, 3.63) is 109 Å². The molecule has 0 fully saturated rings. The summed E-state index contributed by atoms with van der Waals surface area (Å²) < 4.78 is 0. The van der Waals surface area contributed by atoms with Gasteiger partial charge in [-0.2, -0.15) is 5.70 Å². The molecule has 0 radical (unpaired) electrons. The smallest absolute Gasteiger partial charge is 0.337 e. The molecule has 24 heavy (non-hydrogen) atoms. The molecule has 0 amide bonds. The summed E-state index contributed by atoms with van der Waals surface area (Å²) in [6.07, 6.45) is 3.06. The van der Waals surface area contributed by atoms with Gasteiger partial charge in [-0.05, 0) is 0 Å². The van der Waals surface area contributed by atoms with Crippen molar-refractivity contribution >= 4 is 23.6 Å². The Morgan fingerprint density at radius 2 is 1.00 bits per heavy atom. The fourth-order valence-corrected chi connectivity index (χ4v) is 7.05. The normalized spacial score (nSPS) is 10.2. The van der Waals surface area contributed by atoms with Crippen molar-refractivity contribution in [3.63, 3.8) is 0 Å². The van der Waals surface area contributed by atoms with E-state index in [1.165, 1.54) is 15.6 Å². The van der Waals surface area contributed by atoms with E-state index in [9.17, 15) is 0 Å². The summed E-state index contributed by atoms with van der Waals surface area (Å²) in [4.78, 5) is 0. The van der Waals surface area contributed by atoms with Crippen LogP contribution in [0.4, 0.5) is 0 Å². The van der Waals surface area contributed by atoms with Crippen LogP contribution in [0.25, 0.3) is 0 Å². The fourth-order valence-electron chi connectivity index (χ4n) is 3.03. The van der Waals surface area contributed by atoms with Crippen LogP contribution in [-0.2, 0) is 0 Å². The zero-order chi connectivity index (χ0) is 16.0. The van der Waals surface area contributed by atoms with Crippen LogP contribution < -0.4 is 34.4 Å². The van der Waals surface area contributed by atoms with E-state index in [1.54, 1.807) is 0 Å². The Hall–Kier alpha value is -2.01. The van der Waals surface area contributed by atoms with Crippen LogP contribution >= 0.6 is 0 Å². The van der Waals surface area contributed by atoms with Crippen molar-refractivity contribution in [1.29, 1.82) is 0 Å². The van der Waals surface area contributed by atoms with Gasteiger partial charge < -0.3 is 5.73 Å². The van der Waals surface area contributed by atoms with Gasteiger partial charge in [0.1, 0.15) is 0 Å². The first-order chi connectivity index (χ1) is 11.4. The molecule has 0 aliphatic heterocycles. The number of hydrogen-bond donors (Lipinski definition) is 0. The van der Waals surface area contributed by atoms with Crippen LogP contribution in [0.2, 0.25) is 0 Å². The van der Waals surface area contributed by atoms with E-state index in [1.807, 2.05) is 6.92 Å². The molecular weight excluding hydrogens is 299 g/mol. The number of allylic oxidation sites excluding steroid dienone is 1. The van der Waals surface area contributed by atoms with Crippen molar-refractivity contribution < 1.29 is 18.9 Å². The molecule has 0 bridgehead atoms. The maximum atomic E-state index is 3.27. The summed E-state index contributed by atoms with van der Waals surface area (Å²) in [6, 6.07) is 32.4. The first kappa shape index (κ1) is 18.3. The Morgan fingerprint density at radius 3 is 1.29 bits per heavy atom. The van der Waals surface area contributed by atoms with Crippen molar-refractivity contribution in [2.45, 2.75) is 6.92 Å². The van der Waals surface area contributed by atoms with E-state index >= 15 is 0 Å². The van der Waals surface area contributed by atoms with Gasteiger partial charge in [0.2, 0.25) is 0 Å². The molecule has 3 aromatic rings. The van der Waals surface area contributed by atoms with E-state index in [4.69, 9.17) is 0 Å². The molecular formula is C22H19LiSi. The molecule has 0 N–H and O–H groups in total. The summed E-state index contributed by atoms with van der Waals surface area (Å²) >= 11 is 0. The number of rotatable bonds is 4. The second-order valence-electron chi connectivity index (χ2n) is 5.44. The molecule has 0 spiro atoms. The Kier molecular flexibility index (Phi) is 6.67. The minimum absolute atomic E-state index is 0. The van der Waals surface area contributed by atoms with Crippen LogP contribution in [-0.4, -0.2) is 8.07 Å². The minimum atomic E-state index is -2.24. The molecule has 0 unspecified atom stereocenters. The van der Waals surface area contributed by atoms with Crippen LogP contribution in [0.1, 0.15) is 6.92 Å². The van der Waals surface area contributed by atoms with E-state index in [-0.39, 0.29) is 18.9 Å². The fraction of sp³-hybridized carbons (Fsp3) is 0.0455. The molecule has 0 atom stereocenters. The van der Waals surface area contributed by atoms with Crippen LogP contribution in [0.15, 0.2) is 102 Å². The van der Waals surface area contributed by atoms with E-state index in [0.29, 0.717) is 0 Å². The van der Waals surface area contributed by atoms with Crippen molar-refractivity contribution in [3.8, 4) is 0 Å². The Morgan fingerprint density at radius 1 is 0.667 bits per heavy atom. The molecule has 0 heterocycles. The van der Waals surface area contributed by atoms with Gasteiger partial charge in [-0.25, -0.2) is 6.08 Å². The summed E-state index contributed by atoms with van der Waals surface area (Å²) in [7, 11) is -2.24. The van der Waals surface area contributed by atoms with Gasteiger partial charge in [0.25, 0.3) is 0 Å². The zero-order valence-electron chi connectivity index (χ0n) is 14.2. The van der Waals surface area contributed by atoms with Crippen LogP contribution in [0.5, 0.6) is 0 Å². The molecule has 0 aliphatic rings. The summed E-state index contributed by atoms with van der Waals surface area (Å²) in [5, 5.41) is 4.08. The van der Waals surface area contributed by atoms with Crippen molar-refractivity contribution in [1.82, 2.24) is 0 Å². The van der Waals surface area contributed by atoms with Gasteiger partial charge in [-0.1, -0.05) is 107 Å². The van der Waals surface area contributed by atoms with Gasteiger partial charge in [-0.15, -0.1) is 6.92 Å². The van der Waals surface area contributed by atoms with E-state index in [0.717, 1.165) is 0 Å². The van der Waals surface area contributed by atoms with E-state index in [2.05, 4.69) is 109 Å². The Bertz CT molecular complexity index is 708. The number of hydrogen-bond acceptors (Lipinski definition) is 0. The van der Waals surface area contributed by atoms with Gasteiger partial charge in [0, 0.05) is 0 Å². The number of benzene rings is 3. The molecule has 0 aliphatic carbocycles. The molecule has 3 rings (SSSR count). The minimum Gasteiger partial charge on any atom is -0.337 e. The molecule has 0 aromatic heterocycles. The topological polar surface area (TPSA) is 0 Å². The first-order valence-corrected chi connectivity index (χ1v) is 9.89. The quantitative estimate of drug-likeness (QED) is 0.280. The first-order valence-electron chi connectivity index (χ1n) is 7.81. The predicted octanol–water partition coefficient (Wildman–Crippen LogP) is 0.234. The van der Waals surface area contributed by atoms with Gasteiger partial charge in [0.15, 0.2) is 0 Å². The average Bonchev–Trinajstić information content (AvgIpc) is 2.65. The molecule has 0 saturated heterocycles. The zero-order valence-corrected chi connectivity index (χ0v) is 15.2. The second kappa shape index (κ2) is 8.74. The third kappa shape index (κ3) is 3.56. The van der Waals surface area contributed by atoms with Crippen LogP contribution in [0.3, 0.4) is 0 Å². The standard InChI is InChI=1S/C22H19Si.Li/c1-2-3-19-23(20-13-7-4-8-14-20,21-15-9-5-10-16-21)22-17-11-6-12-18-22;/h4-19H,1H3;/q-1;+1. The third-order valence-electron chi connectivity index (χ3n) is 4.12. The SMILES string of the molecule is C[C-]=C=C[Si](c1ccccc1)(c1ccccc1)c1ccccc1.[Li+]. The van der Waals surface area contributed by atoms with Gasteiger partial charge >= 0.3 is 18.9 Å². The molecule has 0 nitrogen and oxygen atoms in total. The van der Waals surface area contributed by atoms with Crippen molar-refractivity contribution in [2.75, 3.05) is 0 Å². The molecule has 3 aromatic carbocycles. The van der Waals surface area contributed by atoms with Gasteiger partial charge in [-0.3, -0.25) is 0 Å². The van der Waals surface area contributed by atoms with E-state index < -0.39 is 8.07 Å². The maximum absolute atomic E-state index is 3.27. The monoisotopic (exact) mass is 318 g/mol. The second-order valence-corrected chi connectivity index (χ2v) is 9.08. The maximum Gasteiger partial charge on any atom is 1.00 e. The summed E-state index contributed by atoms with van der Waals surface area (Å²) in [5.74, 6) is 0. The molecule has 112 valence electrons. The predicted molar refractivity (Wildman–Crippen MR) is 101 cm³/mol. The summed E-state index contributed by atoms with van der Waals surface area (Å²) in [6.45, 7) is 1.90. The summed E-state index contributed by atoms with van der Waals surface area (Å²) in [5.41, 5.74) is 5.53. The third-order valence-corrected chi connectivity index (χ3v) is 8.43. The largest absolute Gasteiger partial charge is 1.00 e. The Labute approximate surface area is 157 Å².